The van der Waals surface area contributed by atoms with Crippen LogP contribution in [0.3, 0.4) is 0 Å². The molecule has 6 heteroatoms. The smallest absolute Gasteiger partial charge is 0.224 e. The van der Waals surface area contributed by atoms with Crippen molar-refractivity contribution in [3.63, 3.8) is 0 Å². The van der Waals surface area contributed by atoms with Crippen LogP contribution in [0.5, 0.6) is 5.75 Å². The highest BCUT2D eigenvalue weighted by atomic mass is 79.9. The SMILES string of the molecule is CCCOc1c(Br)cc(Br)cc1CNc1cccc(NC(=O)CC(C)C)c1. The first-order chi connectivity index (χ1) is 12.9. The summed E-state index contributed by atoms with van der Waals surface area (Å²) in [5, 5.41) is 6.36. The third kappa shape index (κ3) is 7.18. The van der Waals surface area contributed by atoms with Crippen molar-refractivity contribution in [2.75, 3.05) is 17.2 Å². The summed E-state index contributed by atoms with van der Waals surface area (Å²) in [4.78, 5) is 12.0. The Kier molecular flexibility index (Phi) is 8.64. The summed E-state index contributed by atoms with van der Waals surface area (Å²) in [7, 11) is 0. The lowest BCUT2D eigenvalue weighted by Crippen LogP contribution is -2.14. The van der Waals surface area contributed by atoms with Crippen molar-refractivity contribution >= 4 is 49.1 Å². The first-order valence-electron chi connectivity index (χ1n) is 9.13. The molecule has 0 aromatic heterocycles. The summed E-state index contributed by atoms with van der Waals surface area (Å²) in [5.41, 5.74) is 2.79. The quantitative estimate of drug-likeness (QED) is 0.410. The van der Waals surface area contributed by atoms with Gasteiger partial charge in [-0.1, -0.05) is 42.8 Å². The third-order valence-electron chi connectivity index (χ3n) is 3.76. The molecule has 1 amide bonds. The second kappa shape index (κ2) is 10.7. The fourth-order valence-corrected chi connectivity index (χ4v) is 4.03. The lowest BCUT2D eigenvalue weighted by Gasteiger charge is -2.15. The van der Waals surface area contributed by atoms with E-state index in [9.17, 15) is 4.79 Å². The average Bonchev–Trinajstić information content (AvgIpc) is 2.58. The van der Waals surface area contributed by atoms with Crippen molar-refractivity contribution in [1.82, 2.24) is 0 Å². The molecule has 2 aromatic rings. The molecule has 4 nitrogen and oxygen atoms in total. The van der Waals surface area contributed by atoms with Gasteiger partial charge in [-0.2, -0.15) is 0 Å². The molecule has 2 N–H and O–H groups in total. The largest absolute Gasteiger partial charge is 0.492 e. The summed E-state index contributed by atoms with van der Waals surface area (Å²) in [6.45, 7) is 7.44. The van der Waals surface area contributed by atoms with Gasteiger partial charge in [0.05, 0.1) is 11.1 Å². The highest BCUT2D eigenvalue weighted by Crippen LogP contribution is 2.33. The fraction of sp³-hybridized carbons (Fsp3) is 0.381. The van der Waals surface area contributed by atoms with Gasteiger partial charge >= 0.3 is 0 Å². The molecule has 0 bridgehead atoms. The number of carbonyl (C=O) groups is 1. The van der Waals surface area contributed by atoms with Gasteiger partial charge in [-0.3, -0.25) is 4.79 Å². The lowest BCUT2D eigenvalue weighted by atomic mass is 10.1. The van der Waals surface area contributed by atoms with E-state index in [2.05, 4.69) is 55.5 Å². The van der Waals surface area contributed by atoms with E-state index in [1.165, 1.54) is 0 Å². The zero-order chi connectivity index (χ0) is 19.8. The third-order valence-corrected chi connectivity index (χ3v) is 4.81. The number of benzene rings is 2. The summed E-state index contributed by atoms with van der Waals surface area (Å²) < 4.78 is 7.83. The van der Waals surface area contributed by atoms with E-state index in [4.69, 9.17) is 4.74 Å². The minimum absolute atomic E-state index is 0.0355. The molecule has 0 spiro atoms. The molecule has 0 radical (unpaired) electrons. The minimum Gasteiger partial charge on any atom is -0.492 e. The minimum atomic E-state index is 0.0355. The molecule has 0 unspecified atom stereocenters. The van der Waals surface area contributed by atoms with Gasteiger partial charge in [0.2, 0.25) is 5.91 Å². The molecule has 0 saturated heterocycles. The number of rotatable bonds is 9. The first-order valence-corrected chi connectivity index (χ1v) is 10.7. The van der Waals surface area contributed by atoms with Gasteiger partial charge < -0.3 is 15.4 Å². The number of carbonyl (C=O) groups excluding carboxylic acids is 1. The molecular weight excluding hydrogens is 472 g/mol. The van der Waals surface area contributed by atoms with Crippen LogP contribution in [0.1, 0.15) is 39.2 Å². The van der Waals surface area contributed by atoms with Gasteiger partial charge in [-0.05, 0) is 58.6 Å². The van der Waals surface area contributed by atoms with E-state index in [-0.39, 0.29) is 5.91 Å². The molecule has 146 valence electrons. The molecule has 0 aliphatic rings. The number of hydrogen-bond donors (Lipinski definition) is 2. The number of hydrogen-bond acceptors (Lipinski definition) is 3. The van der Waals surface area contributed by atoms with Gasteiger partial charge in [-0.15, -0.1) is 0 Å². The summed E-state index contributed by atoms with van der Waals surface area (Å²) in [5.74, 6) is 1.23. The van der Waals surface area contributed by atoms with Crippen LogP contribution < -0.4 is 15.4 Å². The zero-order valence-corrected chi connectivity index (χ0v) is 19.1. The Morgan fingerprint density at radius 2 is 1.89 bits per heavy atom. The predicted molar refractivity (Wildman–Crippen MR) is 119 cm³/mol. The highest BCUT2D eigenvalue weighted by molar-refractivity contribution is 9.11. The highest BCUT2D eigenvalue weighted by Gasteiger charge is 2.11. The van der Waals surface area contributed by atoms with Crippen LogP contribution in [0.15, 0.2) is 45.3 Å². The van der Waals surface area contributed by atoms with Crippen LogP contribution in [-0.4, -0.2) is 12.5 Å². The van der Waals surface area contributed by atoms with Crippen molar-refractivity contribution < 1.29 is 9.53 Å². The van der Waals surface area contributed by atoms with Crippen LogP contribution in [-0.2, 0) is 11.3 Å². The van der Waals surface area contributed by atoms with Crippen LogP contribution in [0.4, 0.5) is 11.4 Å². The van der Waals surface area contributed by atoms with E-state index >= 15 is 0 Å². The fourth-order valence-electron chi connectivity index (χ4n) is 2.60. The number of amides is 1. The van der Waals surface area contributed by atoms with Crippen molar-refractivity contribution in [3.8, 4) is 5.75 Å². The second-order valence-corrected chi connectivity index (χ2v) is 8.57. The summed E-state index contributed by atoms with van der Waals surface area (Å²) >= 11 is 7.12. The summed E-state index contributed by atoms with van der Waals surface area (Å²) in [6, 6.07) is 11.8. The monoisotopic (exact) mass is 496 g/mol. The molecule has 0 aliphatic carbocycles. The maximum atomic E-state index is 12.0. The Hall–Kier alpha value is -1.53. The van der Waals surface area contributed by atoms with E-state index in [0.717, 1.165) is 38.1 Å². The maximum Gasteiger partial charge on any atom is 0.224 e. The number of anilines is 2. The molecule has 2 rings (SSSR count). The van der Waals surface area contributed by atoms with E-state index < -0.39 is 0 Å². The van der Waals surface area contributed by atoms with E-state index in [0.29, 0.717) is 25.5 Å². The van der Waals surface area contributed by atoms with Gasteiger partial charge in [0.15, 0.2) is 0 Å². The van der Waals surface area contributed by atoms with Crippen LogP contribution in [0.2, 0.25) is 0 Å². The number of halogens is 2. The molecule has 27 heavy (non-hydrogen) atoms. The van der Waals surface area contributed by atoms with Crippen LogP contribution in [0.25, 0.3) is 0 Å². The Balaban J connectivity index is 2.08. The molecule has 0 saturated carbocycles. The topological polar surface area (TPSA) is 50.4 Å². The predicted octanol–water partition coefficient (Wildman–Crippen LogP) is 6.60. The van der Waals surface area contributed by atoms with Gasteiger partial charge in [0.25, 0.3) is 0 Å². The van der Waals surface area contributed by atoms with E-state index in [1.54, 1.807) is 0 Å². The van der Waals surface area contributed by atoms with Gasteiger partial charge in [0.1, 0.15) is 5.75 Å². The molecule has 0 atom stereocenters. The molecule has 0 aliphatic heterocycles. The number of nitrogens with one attached hydrogen (secondary N) is 2. The van der Waals surface area contributed by atoms with Gasteiger partial charge in [0, 0.05) is 34.4 Å². The molecular formula is C21H26Br2N2O2. The second-order valence-electron chi connectivity index (χ2n) is 6.80. The van der Waals surface area contributed by atoms with Gasteiger partial charge in [-0.25, -0.2) is 0 Å². The maximum absolute atomic E-state index is 12.0. The zero-order valence-electron chi connectivity index (χ0n) is 15.9. The molecule has 2 aromatic carbocycles. The Bertz CT molecular complexity index is 779. The Morgan fingerprint density at radius 3 is 2.59 bits per heavy atom. The molecule has 0 fully saturated rings. The number of ether oxygens (including phenoxy) is 1. The Morgan fingerprint density at radius 1 is 1.15 bits per heavy atom. The average molecular weight is 498 g/mol. The van der Waals surface area contributed by atoms with E-state index in [1.807, 2.05) is 44.2 Å². The van der Waals surface area contributed by atoms with Crippen molar-refractivity contribution in [2.24, 2.45) is 5.92 Å². The first kappa shape index (κ1) is 21.8. The molecule has 0 heterocycles. The van der Waals surface area contributed by atoms with Crippen LogP contribution >= 0.6 is 31.9 Å². The summed E-state index contributed by atoms with van der Waals surface area (Å²) in [6.07, 6.45) is 1.47. The van der Waals surface area contributed by atoms with Crippen molar-refractivity contribution in [3.05, 3.63) is 50.9 Å². The van der Waals surface area contributed by atoms with Crippen molar-refractivity contribution in [1.29, 1.82) is 0 Å². The van der Waals surface area contributed by atoms with Crippen LogP contribution in [0, 0.1) is 5.92 Å². The normalized spacial score (nSPS) is 10.7. The Labute approximate surface area is 178 Å². The lowest BCUT2D eigenvalue weighted by molar-refractivity contribution is -0.116. The standard InChI is InChI=1S/C21H26Br2N2O2/c1-4-8-27-21-15(10-16(22)11-19(21)23)13-24-17-6-5-7-18(12-17)25-20(26)9-14(2)3/h5-7,10-12,14,24H,4,8-9,13H2,1-3H3,(H,25,26). The van der Waals surface area contributed by atoms with Crippen molar-refractivity contribution in [2.45, 2.75) is 40.2 Å².